The molecule has 16 heavy (non-hydrogen) atoms. The SMILES string of the molecule is CC(O)CNC(=O)NCc1ccc(Br)cc1. The second-order valence-electron chi connectivity index (χ2n) is 3.54. The molecule has 0 saturated carbocycles. The van der Waals surface area contributed by atoms with Gasteiger partial charge in [-0.05, 0) is 24.6 Å². The summed E-state index contributed by atoms with van der Waals surface area (Å²) in [5, 5.41) is 14.2. The molecule has 1 rings (SSSR count). The lowest BCUT2D eigenvalue weighted by Gasteiger charge is -2.08. The molecule has 0 spiro atoms. The van der Waals surface area contributed by atoms with Crippen molar-refractivity contribution in [3.05, 3.63) is 34.3 Å². The Morgan fingerprint density at radius 3 is 2.56 bits per heavy atom. The van der Waals surface area contributed by atoms with Gasteiger partial charge in [-0.25, -0.2) is 4.79 Å². The maximum atomic E-state index is 11.2. The van der Waals surface area contributed by atoms with Crippen molar-refractivity contribution < 1.29 is 9.90 Å². The normalized spacial score (nSPS) is 11.9. The van der Waals surface area contributed by atoms with E-state index in [9.17, 15) is 4.79 Å². The summed E-state index contributed by atoms with van der Waals surface area (Å²) in [5.41, 5.74) is 1.02. The molecule has 1 aromatic carbocycles. The molecule has 0 aromatic heterocycles. The fraction of sp³-hybridized carbons (Fsp3) is 0.364. The predicted octanol–water partition coefficient (Wildman–Crippen LogP) is 1.63. The van der Waals surface area contributed by atoms with Crippen LogP contribution in [-0.4, -0.2) is 23.8 Å². The zero-order valence-electron chi connectivity index (χ0n) is 9.03. The predicted molar refractivity (Wildman–Crippen MR) is 66.1 cm³/mol. The topological polar surface area (TPSA) is 61.4 Å². The van der Waals surface area contributed by atoms with Crippen LogP contribution >= 0.6 is 15.9 Å². The highest BCUT2D eigenvalue weighted by molar-refractivity contribution is 9.10. The van der Waals surface area contributed by atoms with E-state index < -0.39 is 6.10 Å². The first kappa shape index (κ1) is 13.0. The van der Waals surface area contributed by atoms with Gasteiger partial charge in [-0.15, -0.1) is 0 Å². The fourth-order valence-electron chi connectivity index (χ4n) is 1.09. The Balaban J connectivity index is 2.29. The molecule has 0 saturated heterocycles. The van der Waals surface area contributed by atoms with Gasteiger partial charge in [-0.1, -0.05) is 28.1 Å². The number of aliphatic hydroxyl groups is 1. The van der Waals surface area contributed by atoms with Crippen LogP contribution in [0.4, 0.5) is 4.79 Å². The number of amides is 2. The molecule has 1 unspecified atom stereocenters. The highest BCUT2D eigenvalue weighted by Gasteiger charge is 2.01. The van der Waals surface area contributed by atoms with Crippen molar-refractivity contribution >= 4 is 22.0 Å². The van der Waals surface area contributed by atoms with E-state index in [0.29, 0.717) is 6.54 Å². The molecule has 3 N–H and O–H groups in total. The van der Waals surface area contributed by atoms with Crippen LogP contribution in [0.25, 0.3) is 0 Å². The number of nitrogens with one attached hydrogen (secondary N) is 2. The zero-order valence-corrected chi connectivity index (χ0v) is 10.6. The van der Waals surface area contributed by atoms with Crippen LogP contribution in [0.3, 0.4) is 0 Å². The van der Waals surface area contributed by atoms with Crippen LogP contribution in [0.5, 0.6) is 0 Å². The van der Waals surface area contributed by atoms with Gasteiger partial charge in [0.2, 0.25) is 0 Å². The molecule has 0 aliphatic heterocycles. The van der Waals surface area contributed by atoms with E-state index in [4.69, 9.17) is 5.11 Å². The first-order valence-electron chi connectivity index (χ1n) is 5.02. The summed E-state index contributed by atoms with van der Waals surface area (Å²) in [6.07, 6.45) is -0.529. The largest absolute Gasteiger partial charge is 0.392 e. The van der Waals surface area contributed by atoms with Gasteiger partial charge < -0.3 is 15.7 Å². The van der Waals surface area contributed by atoms with Gasteiger partial charge in [0.25, 0.3) is 0 Å². The molecule has 0 heterocycles. The molecule has 2 amide bonds. The Labute approximate surface area is 103 Å². The maximum Gasteiger partial charge on any atom is 0.315 e. The number of urea groups is 1. The van der Waals surface area contributed by atoms with Gasteiger partial charge in [0, 0.05) is 17.6 Å². The number of aliphatic hydroxyl groups excluding tert-OH is 1. The van der Waals surface area contributed by atoms with Crippen LogP contribution in [-0.2, 0) is 6.54 Å². The second-order valence-corrected chi connectivity index (χ2v) is 4.45. The van der Waals surface area contributed by atoms with Crippen molar-refractivity contribution in [1.82, 2.24) is 10.6 Å². The average Bonchev–Trinajstić information content (AvgIpc) is 2.25. The Morgan fingerprint density at radius 1 is 1.38 bits per heavy atom. The van der Waals surface area contributed by atoms with Crippen molar-refractivity contribution in [2.45, 2.75) is 19.6 Å². The molecule has 4 nitrogen and oxygen atoms in total. The van der Waals surface area contributed by atoms with Crippen LogP contribution in [0.2, 0.25) is 0 Å². The highest BCUT2D eigenvalue weighted by atomic mass is 79.9. The van der Waals surface area contributed by atoms with Gasteiger partial charge in [-0.2, -0.15) is 0 Å². The summed E-state index contributed by atoms with van der Waals surface area (Å²) >= 11 is 3.34. The number of benzene rings is 1. The Morgan fingerprint density at radius 2 is 2.00 bits per heavy atom. The molecule has 0 fully saturated rings. The number of hydrogen-bond donors (Lipinski definition) is 3. The minimum Gasteiger partial charge on any atom is -0.392 e. The Bertz CT molecular complexity index is 338. The van der Waals surface area contributed by atoms with Crippen LogP contribution in [0, 0.1) is 0 Å². The number of rotatable bonds is 4. The first-order chi connectivity index (χ1) is 7.58. The van der Waals surface area contributed by atoms with Gasteiger partial charge in [-0.3, -0.25) is 0 Å². The minimum atomic E-state index is -0.529. The minimum absolute atomic E-state index is 0.256. The average molecular weight is 287 g/mol. The third-order valence-corrected chi connectivity index (χ3v) is 2.45. The standard InChI is InChI=1S/C11H15BrN2O2/c1-8(15)6-13-11(16)14-7-9-2-4-10(12)5-3-9/h2-5,8,15H,6-7H2,1H3,(H2,13,14,16). The van der Waals surface area contributed by atoms with Crippen molar-refractivity contribution in [2.75, 3.05) is 6.54 Å². The molecule has 5 heteroatoms. The quantitative estimate of drug-likeness (QED) is 0.788. The number of hydrogen-bond acceptors (Lipinski definition) is 2. The van der Waals surface area contributed by atoms with Crippen molar-refractivity contribution in [3.63, 3.8) is 0 Å². The molecular weight excluding hydrogens is 272 g/mol. The monoisotopic (exact) mass is 286 g/mol. The van der Waals surface area contributed by atoms with Crippen molar-refractivity contribution in [2.24, 2.45) is 0 Å². The molecule has 1 aromatic rings. The van der Waals surface area contributed by atoms with E-state index in [-0.39, 0.29) is 12.6 Å². The number of carbonyl (C=O) groups excluding carboxylic acids is 1. The third-order valence-electron chi connectivity index (χ3n) is 1.92. The summed E-state index contributed by atoms with van der Waals surface area (Å²) in [7, 11) is 0. The first-order valence-corrected chi connectivity index (χ1v) is 5.81. The highest BCUT2D eigenvalue weighted by Crippen LogP contribution is 2.09. The molecule has 88 valence electrons. The van der Waals surface area contributed by atoms with Crippen LogP contribution < -0.4 is 10.6 Å². The van der Waals surface area contributed by atoms with E-state index in [0.717, 1.165) is 10.0 Å². The molecule has 0 aliphatic carbocycles. The number of halogens is 1. The lowest BCUT2D eigenvalue weighted by atomic mass is 10.2. The maximum absolute atomic E-state index is 11.2. The molecule has 1 atom stereocenters. The van der Waals surface area contributed by atoms with E-state index >= 15 is 0 Å². The molecule has 0 radical (unpaired) electrons. The summed E-state index contributed by atoms with van der Waals surface area (Å²) in [6.45, 7) is 2.35. The smallest absolute Gasteiger partial charge is 0.315 e. The van der Waals surface area contributed by atoms with Crippen LogP contribution in [0.1, 0.15) is 12.5 Å². The van der Waals surface area contributed by atoms with Gasteiger partial charge in [0.15, 0.2) is 0 Å². The van der Waals surface area contributed by atoms with Crippen LogP contribution in [0.15, 0.2) is 28.7 Å². The summed E-state index contributed by atoms with van der Waals surface area (Å²) in [5.74, 6) is 0. The Hall–Kier alpha value is -1.07. The van der Waals surface area contributed by atoms with Gasteiger partial charge >= 0.3 is 6.03 Å². The molecular formula is C11H15BrN2O2. The second kappa shape index (κ2) is 6.50. The van der Waals surface area contributed by atoms with Gasteiger partial charge in [0.05, 0.1) is 6.10 Å². The summed E-state index contributed by atoms with van der Waals surface area (Å²) in [6, 6.07) is 7.43. The van der Waals surface area contributed by atoms with Crippen molar-refractivity contribution in [1.29, 1.82) is 0 Å². The molecule has 0 aliphatic rings. The molecule has 0 bridgehead atoms. The van der Waals surface area contributed by atoms with E-state index in [2.05, 4.69) is 26.6 Å². The number of carbonyl (C=O) groups is 1. The third kappa shape index (κ3) is 5.14. The lowest BCUT2D eigenvalue weighted by Crippen LogP contribution is -2.38. The van der Waals surface area contributed by atoms with Crippen molar-refractivity contribution in [3.8, 4) is 0 Å². The van der Waals surface area contributed by atoms with E-state index in [1.54, 1.807) is 6.92 Å². The summed E-state index contributed by atoms with van der Waals surface area (Å²) in [4.78, 5) is 11.2. The fourth-order valence-corrected chi connectivity index (χ4v) is 1.35. The zero-order chi connectivity index (χ0) is 12.0. The van der Waals surface area contributed by atoms with E-state index in [1.807, 2.05) is 24.3 Å². The Kier molecular flexibility index (Phi) is 5.28. The van der Waals surface area contributed by atoms with E-state index in [1.165, 1.54) is 0 Å². The lowest BCUT2D eigenvalue weighted by molar-refractivity contribution is 0.187. The summed E-state index contributed by atoms with van der Waals surface area (Å²) < 4.78 is 1.01. The van der Waals surface area contributed by atoms with Gasteiger partial charge in [0.1, 0.15) is 0 Å².